The van der Waals surface area contributed by atoms with Gasteiger partial charge < -0.3 is 20.5 Å². The van der Waals surface area contributed by atoms with Gasteiger partial charge >= 0.3 is 6.61 Å². The van der Waals surface area contributed by atoms with Gasteiger partial charge in [-0.2, -0.15) is 8.78 Å². The maximum Gasteiger partial charge on any atom is 0.387 e. The average molecular weight is 485 g/mol. The van der Waals surface area contributed by atoms with Crippen LogP contribution < -0.4 is 15.4 Å². The number of hydrogen-bond donors (Lipinski definition) is 2. The van der Waals surface area contributed by atoms with E-state index in [4.69, 9.17) is 5.73 Å². The van der Waals surface area contributed by atoms with Gasteiger partial charge in [-0.1, -0.05) is 24.3 Å². The Hall–Kier alpha value is -2.51. The summed E-state index contributed by atoms with van der Waals surface area (Å²) in [6, 6.07) is 14.4. The average Bonchev–Trinajstić information content (AvgIpc) is 2.82. The first-order valence-electron chi connectivity index (χ1n) is 12.5. The standard InChI is InChI=1S/C28H34F2N2O3/c1-26(34)16-21(17-26)24(33)32(18-27-9-12-28(31,13-10-27)14-11-27)22-4-2-3-20(15-22)19-5-7-23(8-6-19)35-25(29)30/h2-8,15,21,25,34H,9-14,16-18,31H2,1H3/t21-,26+,27?,28?. The number of nitrogens with two attached hydrogens (primary N) is 1. The number of amides is 1. The van der Waals surface area contributed by atoms with Crippen LogP contribution >= 0.6 is 0 Å². The number of hydrogen-bond acceptors (Lipinski definition) is 4. The second kappa shape index (κ2) is 8.86. The highest BCUT2D eigenvalue weighted by molar-refractivity contribution is 5.96. The lowest BCUT2D eigenvalue weighted by atomic mass is 9.57. The lowest BCUT2D eigenvalue weighted by Crippen LogP contribution is -2.57. The third kappa shape index (κ3) is 5.07. The van der Waals surface area contributed by atoms with Gasteiger partial charge in [-0.15, -0.1) is 0 Å². The Morgan fingerprint density at radius 3 is 2.26 bits per heavy atom. The van der Waals surface area contributed by atoms with E-state index >= 15 is 0 Å². The van der Waals surface area contributed by atoms with Gasteiger partial charge in [0.05, 0.1) is 5.60 Å². The monoisotopic (exact) mass is 484 g/mol. The normalized spacial score (nSPS) is 31.8. The van der Waals surface area contributed by atoms with Crippen molar-refractivity contribution in [3.05, 3.63) is 48.5 Å². The molecule has 35 heavy (non-hydrogen) atoms. The Bertz CT molecular complexity index is 1050. The van der Waals surface area contributed by atoms with Crippen molar-refractivity contribution in [1.29, 1.82) is 0 Å². The second-order valence-corrected chi connectivity index (χ2v) is 11.3. The highest BCUT2D eigenvalue weighted by Gasteiger charge is 2.50. The van der Waals surface area contributed by atoms with Gasteiger partial charge in [0.1, 0.15) is 5.75 Å². The summed E-state index contributed by atoms with van der Waals surface area (Å²) in [7, 11) is 0. The maximum atomic E-state index is 13.7. The molecule has 4 aliphatic carbocycles. The number of carbonyl (C=O) groups excluding carboxylic acids is 1. The molecule has 4 aliphatic rings. The molecule has 0 aromatic heterocycles. The van der Waals surface area contributed by atoms with Gasteiger partial charge in [0.25, 0.3) is 0 Å². The van der Waals surface area contributed by atoms with E-state index in [-0.39, 0.29) is 28.5 Å². The number of carbonyl (C=O) groups is 1. The highest BCUT2D eigenvalue weighted by Crippen LogP contribution is 2.52. The zero-order valence-corrected chi connectivity index (χ0v) is 20.2. The molecule has 4 saturated carbocycles. The molecule has 1 amide bonds. The van der Waals surface area contributed by atoms with Crippen LogP contribution in [0.25, 0.3) is 11.1 Å². The fraction of sp³-hybridized carbons (Fsp3) is 0.536. The van der Waals surface area contributed by atoms with Gasteiger partial charge in [-0.3, -0.25) is 4.79 Å². The third-order valence-corrected chi connectivity index (χ3v) is 8.51. The number of nitrogens with zero attached hydrogens (tertiary/aromatic N) is 1. The molecule has 4 fully saturated rings. The predicted octanol–water partition coefficient (Wildman–Crippen LogP) is 5.50. The van der Waals surface area contributed by atoms with E-state index in [0.717, 1.165) is 55.3 Å². The molecular formula is C28H34F2N2O3. The number of aliphatic hydroxyl groups is 1. The predicted molar refractivity (Wildman–Crippen MR) is 131 cm³/mol. The Morgan fingerprint density at radius 1 is 1.06 bits per heavy atom. The van der Waals surface area contributed by atoms with Crippen LogP contribution in [-0.2, 0) is 4.79 Å². The van der Waals surface area contributed by atoms with Crippen LogP contribution in [0, 0.1) is 11.3 Å². The van der Waals surface area contributed by atoms with Crippen LogP contribution in [-0.4, -0.2) is 35.3 Å². The van der Waals surface area contributed by atoms with E-state index in [0.29, 0.717) is 19.4 Å². The topological polar surface area (TPSA) is 75.8 Å². The summed E-state index contributed by atoms with van der Waals surface area (Å²) in [4.78, 5) is 15.7. The van der Waals surface area contributed by atoms with Crippen LogP contribution in [0.2, 0.25) is 0 Å². The number of ether oxygens (including phenoxy) is 1. The Kier molecular flexibility index (Phi) is 6.12. The van der Waals surface area contributed by atoms with Gasteiger partial charge in [-0.05, 0) is 99.1 Å². The molecule has 0 saturated heterocycles. The van der Waals surface area contributed by atoms with Gasteiger partial charge in [-0.25, -0.2) is 0 Å². The fourth-order valence-electron chi connectivity index (χ4n) is 6.24. The Labute approximate surface area is 205 Å². The molecule has 0 heterocycles. The molecule has 0 spiro atoms. The highest BCUT2D eigenvalue weighted by atomic mass is 19.3. The minimum absolute atomic E-state index is 0.0383. The van der Waals surface area contributed by atoms with Crippen LogP contribution in [0.3, 0.4) is 0 Å². The molecule has 0 aliphatic heterocycles. The van der Waals surface area contributed by atoms with E-state index in [1.54, 1.807) is 19.1 Å². The van der Waals surface area contributed by atoms with Crippen molar-refractivity contribution in [3.63, 3.8) is 0 Å². The molecule has 0 unspecified atom stereocenters. The van der Waals surface area contributed by atoms with Crippen molar-refractivity contribution < 1.29 is 23.4 Å². The van der Waals surface area contributed by atoms with Crippen LogP contribution in [0.4, 0.5) is 14.5 Å². The molecule has 2 bridgehead atoms. The van der Waals surface area contributed by atoms with Gasteiger partial charge in [0.2, 0.25) is 5.91 Å². The molecule has 2 aromatic carbocycles. The molecular weight excluding hydrogens is 450 g/mol. The van der Waals surface area contributed by atoms with E-state index in [9.17, 15) is 18.7 Å². The summed E-state index contributed by atoms with van der Waals surface area (Å²) < 4.78 is 29.5. The molecule has 0 atom stereocenters. The van der Waals surface area contributed by atoms with Crippen molar-refractivity contribution in [2.45, 2.75) is 76.0 Å². The molecule has 5 nitrogen and oxygen atoms in total. The van der Waals surface area contributed by atoms with Crippen molar-refractivity contribution in [2.75, 3.05) is 11.4 Å². The SMILES string of the molecule is C[C@]1(O)C[C@@H](C(=O)N(CC23CCC(N)(CC2)CC3)c2cccc(-c3ccc(OC(F)F)cc3)c2)C1. The summed E-state index contributed by atoms with van der Waals surface area (Å²) in [6.45, 7) is -0.421. The third-order valence-electron chi connectivity index (χ3n) is 8.51. The Balaban J connectivity index is 1.42. The zero-order valence-electron chi connectivity index (χ0n) is 20.2. The van der Waals surface area contributed by atoms with Crippen molar-refractivity contribution >= 4 is 11.6 Å². The largest absolute Gasteiger partial charge is 0.435 e. The van der Waals surface area contributed by atoms with Crippen molar-refractivity contribution in [3.8, 4) is 16.9 Å². The summed E-state index contributed by atoms with van der Waals surface area (Å²) in [5, 5.41) is 10.3. The molecule has 188 valence electrons. The Morgan fingerprint density at radius 2 is 1.69 bits per heavy atom. The number of benzene rings is 2. The molecule has 6 rings (SSSR count). The lowest BCUT2D eigenvalue weighted by molar-refractivity contribution is -0.137. The number of alkyl halides is 2. The molecule has 2 aromatic rings. The van der Waals surface area contributed by atoms with E-state index < -0.39 is 12.2 Å². The molecule has 0 radical (unpaired) electrons. The fourth-order valence-corrected chi connectivity index (χ4v) is 6.24. The minimum Gasteiger partial charge on any atom is -0.435 e. The quantitative estimate of drug-likeness (QED) is 0.544. The molecule has 7 heteroatoms. The molecule has 3 N–H and O–H groups in total. The first-order chi connectivity index (χ1) is 16.6. The smallest absolute Gasteiger partial charge is 0.387 e. The maximum absolute atomic E-state index is 13.7. The zero-order chi connectivity index (χ0) is 24.8. The van der Waals surface area contributed by atoms with Crippen molar-refractivity contribution in [2.24, 2.45) is 17.1 Å². The number of anilines is 1. The van der Waals surface area contributed by atoms with Gasteiger partial charge in [0, 0.05) is 23.7 Å². The number of rotatable bonds is 7. The number of halogens is 2. The number of fused-ring (bicyclic) bond motifs is 3. The minimum atomic E-state index is -2.86. The first-order valence-corrected chi connectivity index (χ1v) is 12.5. The van der Waals surface area contributed by atoms with Gasteiger partial charge in [0.15, 0.2) is 0 Å². The summed E-state index contributed by atoms with van der Waals surface area (Å²) in [5.41, 5.74) is 8.38. The second-order valence-electron chi connectivity index (χ2n) is 11.3. The van der Waals surface area contributed by atoms with Crippen LogP contribution in [0.5, 0.6) is 5.75 Å². The van der Waals surface area contributed by atoms with E-state index in [2.05, 4.69) is 4.74 Å². The van der Waals surface area contributed by atoms with E-state index in [1.807, 2.05) is 29.2 Å². The van der Waals surface area contributed by atoms with Crippen LogP contribution in [0.1, 0.15) is 58.3 Å². The first kappa shape index (κ1) is 24.2. The summed E-state index contributed by atoms with van der Waals surface area (Å²) in [5.74, 6) is -0.00562. The lowest BCUT2D eigenvalue weighted by Gasteiger charge is -2.53. The summed E-state index contributed by atoms with van der Waals surface area (Å²) in [6.07, 6.45) is 7.04. The summed E-state index contributed by atoms with van der Waals surface area (Å²) >= 11 is 0. The van der Waals surface area contributed by atoms with Crippen LogP contribution in [0.15, 0.2) is 48.5 Å². The van der Waals surface area contributed by atoms with E-state index in [1.165, 1.54) is 12.1 Å². The van der Waals surface area contributed by atoms with Crippen molar-refractivity contribution in [1.82, 2.24) is 0 Å².